The van der Waals surface area contributed by atoms with Crippen molar-refractivity contribution in [2.45, 2.75) is 38.6 Å². The number of rotatable bonds is 6. The molecule has 5 aromatic rings. The number of carbonyl (C=O) groups excluding carboxylic acids is 1. The lowest BCUT2D eigenvalue weighted by Crippen LogP contribution is -2.55. The molecule has 4 aromatic carbocycles. The molecule has 0 aliphatic carbocycles. The van der Waals surface area contributed by atoms with Gasteiger partial charge in [-0.25, -0.2) is 0 Å². The van der Waals surface area contributed by atoms with Crippen LogP contribution in [-0.2, 0) is 11.3 Å². The molecule has 0 saturated carbocycles. The third-order valence-electron chi connectivity index (χ3n) is 8.33. The van der Waals surface area contributed by atoms with Crippen LogP contribution in [0, 0.1) is 0 Å². The van der Waals surface area contributed by atoms with Crippen molar-refractivity contribution >= 4 is 50.7 Å². The molecule has 2 aliphatic rings. The Morgan fingerprint density at radius 3 is 2.05 bits per heavy atom. The van der Waals surface area contributed by atoms with Gasteiger partial charge in [-0.15, -0.1) is 5.10 Å². The highest BCUT2D eigenvalue weighted by molar-refractivity contribution is 6.31. The number of halogens is 2. The lowest BCUT2D eigenvalue weighted by molar-refractivity contribution is -0.0164. The minimum atomic E-state index is -0.581. The maximum Gasteiger partial charge on any atom is 0.286 e. The SMILES string of the molecule is C[C@H](Oc1nn2c(c(O[C@@H](C)c3ccc4ccc(Cl)cc4c3)c1=O)C(=O)N1CCOC[C@@H]1C2)c1ccc2ccc(Cl)cc2c1. The summed E-state index contributed by atoms with van der Waals surface area (Å²) in [5.41, 5.74) is 1.21. The van der Waals surface area contributed by atoms with Crippen molar-refractivity contribution in [1.82, 2.24) is 14.7 Å². The van der Waals surface area contributed by atoms with Gasteiger partial charge in [-0.05, 0) is 82.9 Å². The highest BCUT2D eigenvalue weighted by Crippen LogP contribution is 2.32. The standard InChI is InChI=1S/C34H29Cl2N3O5/c1-19(23-5-3-21-7-9-27(35)15-25(21)13-23)43-32-30-34(41)38-11-12-42-18-29(38)17-39(30)37-33(31(32)40)44-20(2)24-6-4-22-8-10-28(36)16-26(22)14-24/h3-10,13-16,19-20,29H,11-12,17-18H2,1-2H3/t19-,20-,29-/m0/s1. The molecule has 7 rings (SSSR count). The van der Waals surface area contributed by atoms with Crippen LogP contribution >= 0.6 is 23.2 Å². The van der Waals surface area contributed by atoms with E-state index < -0.39 is 17.6 Å². The Hall–Kier alpha value is -4.11. The van der Waals surface area contributed by atoms with E-state index in [1.165, 1.54) is 4.68 Å². The molecule has 0 unspecified atom stereocenters. The summed E-state index contributed by atoms with van der Waals surface area (Å²) >= 11 is 12.5. The normalized spacial score (nSPS) is 17.7. The largest absolute Gasteiger partial charge is 0.479 e. The zero-order chi connectivity index (χ0) is 30.5. The van der Waals surface area contributed by atoms with Gasteiger partial charge in [0.2, 0.25) is 5.75 Å². The van der Waals surface area contributed by atoms with Gasteiger partial charge in [0.1, 0.15) is 12.2 Å². The Labute approximate surface area is 263 Å². The Kier molecular flexibility index (Phi) is 7.44. The average molecular weight is 631 g/mol. The van der Waals surface area contributed by atoms with Crippen molar-refractivity contribution < 1.29 is 19.0 Å². The minimum absolute atomic E-state index is 0.0823. The van der Waals surface area contributed by atoms with Crippen LogP contribution in [0.5, 0.6) is 11.6 Å². The van der Waals surface area contributed by atoms with E-state index in [0.717, 1.165) is 32.7 Å². The third kappa shape index (κ3) is 5.27. The third-order valence-corrected chi connectivity index (χ3v) is 8.80. The van der Waals surface area contributed by atoms with Gasteiger partial charge >= 0.3 is 0 Å². The highest BCUT2D eigenvalue weighted by atomic mass is 35.5. The number of hydrogen-bond acceptors (Lipinski definition) is 6. The number of nitrogens with zero attached hydrogens (tertiary/aromatic N) is 3. The second-order valence-electron chi connectivity index (χ2n) is 11.2. The molecule has 0 N–H and O–H groups in total. The van der Waals surface area contributed by atoms with Crippen LogP contribution in [0.1, 0.15) is 47.7 Å². The number of carbonyl (C=O) groups is 1. The summed E-state index contributed by atoms with van der Waals surface area (Å²) < 4.78 is 19.8. The number of benzene rings is 4. The summed E-state index contributed by atoms with van der Waals surface area (Å²) in [6.07, 6.45) is -1.09. The maximum atomic E-state index is 14.0. The molecule has 3 atom stereocenters. The zero-order valence-corrected chi connectivity index (χ0v) is 25.6. The average Bonchev–Trinajstić information content (AvgIpc) is 3.02. The van der Waals surface area contributed by atoms with E-state index in [1.54, 1.807) is 4.90 Å². The lowest BCUT2D eigenvalue weighted by Gasteiger charge is -2.40. The fraction of sp³-hybridized carbons (Fsp3) is 0.265. The smallest absolute Gasteiger partial charge is 0.286 e. The predicted octanol–water partition coefficient (Wildman–Crippen LogP) is 6.99. The number of amides is 1. The van der Waals surface area contributed by atoms with Crippen molar-refractivity contribution in [1.29, 1.82) is 0 Å². The van der Waals surface area contributed by atoms with Crippen LogP contribution in [0.2, 0.25) is 10.0 Å². The second kappa shape index (κ2) is 11.4. The molecule has 1 fully saturated rings. The Bertz CT molecular complexity index is 1990. The number of ether oxygens (including phenoxy) is 3. The van der Waals surface area contributed by atoms with Crippen LogP contribution in [0.4, 0.5) is 0 Å². The van der Waals surface area contributed by atoms with Gasteiger partial charge in [0.15, 0.2) is 5.69 Å². The molecule has 1 aromatic heterocycles. The number of aromatic nitrogens is 2. The molecular weight excluding hydrogens is 601 g/mol. The van der Waals surface area contributed by atoms with Crippen LogP contribution in [-0.4, -0.2) is 46.4 Å². The molecule has 0 radical (unpaired) electrons. The molecular formula is C34H29Cl2N3O5. The van der Waals surface area contributed by atoms with E-state index in [1.807, 2.05) is 86.6 Å². The first-order chi connectivity index (χ1) is 21.2. The summed E-state index contributed by atoms with van der Waals surface area (Å²) in [5.74, 6) is -0.535. The number of fused-ring (bicyclic) bond motifs is 4. The van der Waals surface area contributed by atoms with Crippen molar-refractivity contribution in [3.63, 3.8) is 0 Å². The van der Waals surface area contributed by atoms with Gasteiger partial charge in [0.05, 0.1) is 25.8 Å². The van der Waals surface area contributed by atoms with Gasteiger partial charge in [-0.1, -0.05) is 59.6 Å². The first-order valence-electron chi connectivity index (χ1n) is 14.5. The lowest BCUT2D eigenvalue weighted by atomic mass is 10.0. The monoisotopic (exact) mass is 629 g/mol. The van der Waals surface area contributed by atoms with Gasteiger partial charge in [0, 0.05) is 16.6 Å². The molecule has 44 heavy (non-hydrogen) atoms. The maximum absolute atomic E-state index is 14.0. The second-order valence-corrected chi connectivity index (χ2v) is 12.1. The van der Waals surface area contributed by atoms with E-state index >= 15 is 0 Å². The van der Waals surface area contributed by atoms with Crippen molar-refractivity contribution in [3.05, 3.63) is 110 Å². The number of hydrogen-bond donors (Lipinski definition) is 0. The molecule has 10 heteroatoms. The van der Waals surface area contributed by atoms with Gasteiger partial charge in [-0.2, -0.15) is 0 Å². The van der Waals surface area contributed by atoms with E-state index in [9.17, 15) is 9.59 Å². The fourth-order valence-electron chi connectivity index (χ4n) is 5.92. The molecule has 2 aliphatic heterocycles. The van der Waals surface area contributed by atoms with Crippen molar-refractivity contribution in [3.8, 4) is 11.6 Å². The summed E-state index contributed by atoms with van der Waals surface area (Å²) in [6.45, 7) is 5.29. The van der Waals surface area contributed by atoms with Crippen LogP contribution in [0.15, 0.2) is 77.6 Å². The molecule has 1 saturated heterocycles. The van der Waals surface area contributed by atoms with Gasteiger partial charge in [0.25, 0.3) is 17.2 Å². The topological polar surface area (TPSA) is 82.9 Å². The molecule has 3 heterocycles. The van der Waals surface area contributed by atoms with E-state index in [2.05, 4.69) is 5.10 Å². The van der Waals surface area contributed by atoms with Crippen LogP contribution < -0.4 is 14.9 Å². The Morgan fingerprint density at radius 1 is 0.818 bits per heavy atom. The van der Waals surface area contributed by atoms with E-state index in [-0.39, 0.29) is 29.3 Å². The van der Waals surface area contributed by atoms with Crippen molar-refractivity contribution in [2.24, 2.45) is 0 Å². The van der Waals surface area contributed by atoms with Crippen LogP contribution in [0.25, 0.3) is 21.5 Å². The van der Waals surface area contributed by atoms with Gasteiger partial charge < -0.3 is 19.1 Å². The highest BCUT2D eigenvalue weighted by Gasteiger charge is 2.39. The van der Waals surface area contributed by atoms with Crippen molar-refractivity contribution in [2.75, 3.05) is 19.8 Å². The Balaban J connectivity index is 1.27. The summed E-state index contributed by atoms with van der Waals surface area (Å²) in [4.78, 5) is 29.6. The Morgan fingerprint density at radius 2 is 1.41 bits per heavy atom. The quantitative estimate of drug-likeness (QED) is 0.201. The van der Waals surface area contributed by atoms with Gasteiger partial charge in [-0.3, -0.25) is 14.3 Å². The molecule has 0 spiro atoms. The van der Waals surface area contributed by atoms with E-state index in [0.29, 0.717) is 36.3 Å². The predicted molar refractivity (Wildman–Crippen MR) is 170 cm³/mol. The molecule has 0 bridgehead atoms. The number of morpholine rings is 1. The van der Waals surface area contributed by atoms with Crippen LogP contribution in [0.3, 0.4) is 0 Å². The summed E-state index contributed by atoms with van der Waals surface area (Å²) in [6, 6.07) is 23.0. The van der Waals surface area contributed by atoms with E-state index in [4.69, 9.17) is 37.4 Å². The molecule has 224 valence electrons. The first kappa shape index (κ1) is 28.6. The summed E-state index contributed by atoms with van der Waals surface area (Å²) in [7, 11) is 0. The molecule has 8 nitrogen and oxygen atoms in total. The molecule has 1 amide bonds. The fourth-order valence-corrected chi connectivity index (χ4v) is 6.28. The summed E-state index contributed by atoms with van der Waals surface area (Å²) in [5, 5.41) is 9.78. The first-order valence-corrected chi connectivity index (χ1v) is 15.3. The minimum Gasteiger partial charge on any atom is -0.479 e. The zero-order valence-electron chi connectivity index (χ0n) is 24.1.